The Labute approximate surface area is 123 Å². The van der Waals surface area contributed by atoms with Crippen molar-refractivity contribution in [2.75, 3.05) is 14.2 Å². The Bertz CT molecular complexity index is 698. The second-order valence-corrected chi connectivity index (χ2v) is 6.05. The van der Waals surface area contributed by atoms with Crippen LogP contribution in [0.1, 0.15) is 18.5 Å². The number of sulfonamides is 1. The van der Waals surface area contributed by atoms with Gasteiger partial charge in [0.2, 0.25) is 0 Å². The van der Waals surface area contributed by atoms with Crippen molar-refractivity contribution in [1.29, 1.82) is 0 Å². The fourth-order valence-electron chi connectivity index (χ4n) is 1.93. The average Bonchev–Trinajstić information content (AvgIpc) is 3.01. The topological polar surface area (TPSA) is 93.3 Å². The lowest BCUT2D eigenvalue weighted by Gasteiger charge is -2.17. The van der Waals surface area contributed by atoms with Gasteiger partial charge < -0.3 is 9.47 Å². The predicted octanol–water partition coefficient (Wildman–Crippen LogP) is 1.47. The van der Waals surface area contributed by atoms with Gasteiger partial charge in [-0.3, -0.25) is 5.10 Å². The lowest BCUT2D eigenvalue weighted by Crippen LogP contribution is -2.27. The van der Waals surface area contributed by atoms with Gasteiger partial charge >= 0.3 is 0 Å². The first-order valence-electron chi connectivity index (χ1n) is 6.21. The van der Waals surface area contributed by atoms with E-state index in [4.69, 9.17) is 9.47 Å². The van der Waals surface area contributed by atoms with Gasteiger partial charge in [0.25, 0.3) is 10.0 Å². The van der Waals surface area contributed by atoms with Crippen molar-refractivity contribution in [3.05, 3.63) is 36.0 Å². The third-order valence-corrected chi connectivity index (χ3v) is 4.47. The molecule has 0 saturated carbocycles. The quantitative estimate of drug-likeness (QED) is 0.842. The van der Waals surface area contributed by atoms with E-state index < -0.39 is 16.1 Å². The zero-order chi connectivity index (χ0) is 15.5. The molecule has 1 atom stereocenters. The minimum absolute atomic E-state index is 0.0104. The van der Waals surface area contributed by atoms with Crippen LogP contribution in [-0.2, 0) is 10.0 Å². The van der Waals surface area contributed by atoms with E-state index in [-0.39, 0.29) is 5.03 Å². The second kappa shape index (κ2) is 6.15. The molecule has 2 rings (SSSR count). The number of rotatable bonds is 6. The molecule has 7 nitrogen and oxygen atoms in total. The van der Waals surface area contributed by atoms with E-state index in [0.29, 0.717) is 17.1 Å². The minimum Gasteiger partial charge on any atom is -0.497 e. The molecule has 0 radical (unpaired) electrons. The maximum atomic E-state index is 12.2. The first-order valence-corrected chi connectivity index (χ1v) is 7.70. The van der Waals surface area contributed by atoms with Crippen molar-refractivity contribution in [1.82, 2.24) is 14.9 Å². The average molecular weight is 311 g/mol. The van der Waals surface area contributed by atoms with E-state index in [1.807, 2.05) is 0 Å². The van der Waals surface area contributed by atoms with Crippen LogP contribution in [0.15, 0.2) is 35.5 Å². The van der Waals surface area contributed by atoms with Crippen LogP contribution in [-0.4, -0.2) is 32.8 Å². The molecule has 0 aliphatic carbocycles. The van der Waals surface area contributed by atoms with Crippen LogP contribution in [0.4, 0.5) is 0 Å². The van der Waals surface area contributed by atoms with Crippen molar-refractivity contribution in [2.45, 2.75) is 18.0 Å². The molecule has 2 aromatic rings. The van der Waals surface area contributed by atoms with E-state index in [1.54, 1.807) is 32.2 Å². The first-order chi connectivity index (χ1) is 9.97. The number of aromatic nitrogens is 2. The Morgan fingerprint density at radius 3 is 2.57 bits per heavy atom. The molecule has 1 aromatic carbocycles. The van der Waals surface area contributed by atoms with E-state index in [0.717, 1.165) is 0 Å². The van der Waals surface area contributed by atoms with Gasteiger partial charge in [-0.25, -0.2) is 13.1 Å². The van der Waals surface area contributed by atoms with Crippen molar-refractivity contribution in [3.8, 4) is 11.5 Å². The molecule has 21 heavy (non-hydrogen) atoms. The molecule has 8 heteroatoms. The minimum atomic E-state index is -3.67. The summed E-state index contributed by atoms with van der Waals surface area (Å²) in [4.78, 5) is 0. The molecule has 0 fully saturated rings. The van der Waals surface area contributed by atoms with E-state index in [9.17, 15) is 8.42 Å². The molecule has 1 heterocycles. The molecule has 114 valence electrons. The Balaban J connectivity index is 2.30. The van der Waals surface area contributed by atoms with Crippen LogP contribution in [0.25, 0.3) is 0 Å². The third kappa shape index (κ3) is 3.34. The molecule has 1 aromatic heterocycles. The van der Waals surface area contributed by atoms with Gasteiger partial charge in [-0.2, -0.15) is 5.10 Å². The summed E-state index contributed by atoms with van der Waals surface area (Å²) in [5.41, 5.74) is 0.681. The number of methoxy groups -OCH3 is 2. The molecule has 0 amide bonds. The zero-order valence-corrected chi connectivity index (χ0v) is 12.8. The second-order valence-electron chi connectivity index (χ2n) is 4.37. The number of nitrogens with zero attached hydrogens (tertiary/aromatic N) is 1. The summed E-state index contributed by atoms with van der Waals surface area (Å²) >= 11 is 0. The van der Waals surface area contributed by atoms with Gasteiger partial charge in [0.15, 0.2) is 5.03 Å². The van der Waals surface area contributed by atoms with Gasteiger partial charge in [-0.15, -0.1) is 0 Å². The Morgan fingerprint density at radius 1 is 1.24 bits per heavy atom. The molecule has 0 saturated heterocycles. The predicted molar refractivity (Wildman–Crippen MR) is 76.9 cm³/mol. The van der Waals surface area contributed by atoms with Crippen LogP contribution in [0, 0.1) is 0 Å². The zero-order valence-electron chi connectivity index (χ0n) is 12.0. The highest BCUT2D eigenvalue weighted by molar-refractivity contribution is 7.89. The van der Waals surface area contributed by atoms with Gasteiger partial charge in [-0.1, -0.05) is 0 Å². The highest BCUT2D eigenvalue weighted by atomic mass is 32.2. The van der Waals surface area contributed by atoms with Crippen molar-refractivity contribution in [3.63, 3.8) is 0 Å². The number of hydrogen-bond acceptors (Lipinski definition) is 5. The standard InChI is InChI=1S/C13H17N3O4S/c1-9(16-21(17,18)13-6-7-14-15-13)11-8-10(19-2)4-5-12(11)20-3/h4-9,16H,1-3H3,(H,14,15). The number of ether oxygens (including phenoxy) is 2. The summed E-state index contributed by atoms with van der Waals surface area (Å²) in [7, 11) is -0.597. The number of benzene rings is 1. The van der Waals surface area contributed by atoms with Crippen molar-refractivity contribution < 1.29 is 17.9 Å². The largest absolute Gasteiger partial charge is 0.497 e. The smallest absolute Gasteiger partial charge is 0.258 e. The molecule has 0 spiro atoms. The summed E-state index contributed by atoms with van der Waals surface area (Å²) in [5.74, 6) is 1.20. The van der Waals surface area contributed by atoms with Crippen LogP contribution in [0.2, 0.25) is 0 Å². The van der Waals surface area contributed by atoms with E-state index in [1.165, 1.54) is 19.4 Å². The van der Waals surface area contributed by atoms with Crippen LogP contribution in [0.5, 0.6) is 11.5 Å². The Hall–Kier alpha value is -2.06. The fraction of sp³-hybridized carbons (Fsp3) is 0.308. The van der Waals surface area contributed by atoms with Gasteiger partial charge in [0, 0.05) is 11.6 Å². The van der Waals surface area contributed by atoms with Gasteiger partial charge in [0.05, 0.1) is 20.4 Å². The summed E-state index contributed by atoms with van der Waals surface area (Å²) in [6.45, 7) is 1.73. The highest BCUT2D eigenvalue weighted by Crippen LogP contribution is 2.29. The van der Waals surface area contributed by atoms with E-state index >= 15 is 0 Å². The highest BCUT2D eigenvalue weighted by Gasteiger charge is 2.22. The van der Waals surface area contributed by atoms with Crippen LogP contribution >= 0.6 is 0 Å². The van der Waals surface area contributed by atoms with Crippen LogP contribution < -0.4 is 14.2 Å². The molecular formula is C13H17N3O4S. The summed E-state index contributed by atoms with van der Waals surface area (Å²) in [6, 6.07) is 6.10. The first kappa shape index (κ1) is 15.3. The monoisotopic (exact) mass is 311 g/mol. The summed E-state index contributed by atoms with van der Waals surface area (Å²) in [5, 5.41) is 6.08. The summed E-state index contributed by atoms with van der Waals surface area (Å²) in [6.07, 6.45) is 1.38. The molecule has 2 N–H and O–H groups in total. The number of aromatic amines is 1. The van der Waals surface area contributed by atoms with Crippen LogP contribution in [0.3, 0.4) is 0 Å². The maximum absolute atomic E-state index is 12.2. The van der Waals surface area contributed by atoms with Crippen molar-refractivity contribution in [2.24, 2.45) is 0 Å². The Kier molecular flexibility index (Phi) is 4.49. The number of hydrogen-bond donors (Lipinski definition) is 2. The van der Waals surface area contributed by atoms with Gasteiger partial charge in [-0.05, 0) is 31.2 Å². The molecule has 0 bridgehead atoms. The van der Waals surface area contributed by atoms with Gasteiger partial charge in [0.1, 0.15) is 11.5 Å². The van der Waals surface area contributed by atoms with Crippen molar-refractivity contribution >= 4 is 10.0 Å². The Morgan fingerprint density at radius 2 is 2.00 bits per heavy atom. The lowest BCUT2D eigenvalue weighted by atomic mass is 10.1. The maximum Gasteiger partial charge on any atom is 0.258 e. The number of nitrogens with one attached hydrogen (secondary N) is 2. The SMILES string of the molecule is COc1ccc(OC)c(C(C)NS(=O)(=O)c2ccn[nH]2)c1. The molecule has 1 unspecified atom stereocenters. The summed E-state index contributed by atoms with van der Waals surface area (Å²) < 4.78 is 37.3. The lowest BCUT2D eigenvalue weighted by molar-refractivity contribution is 0.395. The molecule has 0 aliphatic heterocycles. The molecule has 0 aliphatic rings. The number of H-pyrrole nitrogens is 1. The fourth-order valence-corrected chi connectivity index (χ4v) is 3.06. The molecular weight excluding hydrogens is 294 g/mol. The normalized spacial score (nSPS) is 12.9. The van der Waals surface area contributed by atoms with E-state index in [2.05, 4.69) is 14.9 Å². The third-order valence-electron chi connectivity index (χ3n) is 3.00.